The molecule has 2 aromatic heterocycles. The molecule has 4 heteroatoms. The van der Waals surface area contributed by atoms with Crippen LogP contribution < -0.4 is 10.6 Å². The standard InChI is InChI=1S/C13H20N4/c1-11(17-10-13-5-3-7-16-13)8-14-9-12-4-2-6-15-12/h2-7,11,14-17H,8-10H2,1H3. The lowest BCUT2D eigenvalue weighted by Gasteiger charge is -2.13. The number of aromatic amines is 2. The third-order valence-electron chi connectivity index (χ3n) is 2.73. The highest BCUT2D eigenvalue weighted by atomic mass is 15.0. The van der Waals surface area contributed by atoms with Crippen LogP contribution in [0.3, 0.4) is 0 Å². The highest BCUT2D eigenvalue weighted by Gasteiger charge is 2.01. The molecule has 0 fully saturated rings. The van der Waals surface area contributed by atoms with E-state index >= 15 is 0 Å². The second kappa shape index (κ2) is 6.27. The van der Waals surface area contributed by atoms with Gasteiger partial charge in [-0.1, -0.05) is 0 Å². The van der Waals surface area contributed by atoms with Gasteiger partial charge in [0.05, 0.1) is 0 Å². The van der Waals surface area contributed by atoms with Crippen molar-refractivity contribution in [3.63, 3.8) is 0 Å². The molecule has 0 aromatic carbocycles. The minimum atomic E-state index is 0.452. The van der Waals surface area contributed by atoms with Crippen molar-refractivity contribution >= 4 is 0 Å². The molecule has 92 valence electrons. The maximum Gasteiger partial charge on any atom is 0.0360 e. The Labute approximate surface area is 102 Å². The first-order valence-corrected chi connectivity index (χ1v) is 6.03. The minimum Gasteiger partial charge on any atom is -0.364 e. The zero-order valence-corrected chi connectivity index (χ0v) is 10.2. The Hall–Kier alpha value is -1.52. The van der Waals surface area contributed by atoms with Gasteiger partial charge in [0.2, 0.25) is 0 Å². The zero-order valence-electron chi connectivity index (χ0n) is 10.2. The molecule has 0 spiro atoms. The van der Waals surface area contributed by atoms with Crippen molar-refractivity contribution in [3.05, 3.63) is 48.0 Å². The Kier molecular flexibility index (Phi) is 4.41. The van der Waals surface area contributed by atoms with Gasteiger partial charge in [0, 0.05) is 49.5 Å². The lowest BCUT2D eigenvalue weighted by molar-refractivity contribution is 0.497. The summed E-state index contributed by atoms with van der Waals surface area (Å²) in [5.74, 6) is 0. The van der Waals surface area contributed by atoms with Crippen LogP contribution >= 0.6 is 0 Å². The molecule has 2 heterocycles. The lowest BCUT2D eigenvalue weighted by atomic mass is 10.3. The summed E-state index contributed by atoms with van der Waals surface area (Å²) in [4.78, 5) is 6.36. The van der Waals surface area contributed by atoms with Crippen LogP contribution in [-0.4, -0.2) is 22.6 Å². The second-order valence-electron chi connectivity index (χ2n) is 4.30. The lowest BCUT2D eigenvalue weighted by Crippen LogP contribution is -2.35. The number of aromatic nitrogens is 2. The molecule has 0 bridgehead atoms. The summed E-state index contributed by atoms with van der Waals surface area (Å²) in [6.45, 7) is 4.92. The van der Waals surface area contributed by atoms with Crippen LogP contribution in [0.25, 0.3) is 0 Å². The third kappa shape index (κ3) is 4.09. The Morgan fingerprint density at radius 1 is 1.06 bits per heavy atom. The smallest absolute Gasteiger partial charge is 0.0360 e. The summed E-state index contributed by atoms with van der Waals surface area (Å²) in [6.07, 6.45) is 3.90. The monoisotopic (exact) mass is 232 g/mol. The van der Waals surface area contributed by atoms with Crippen LogP contribution in [0, 0.1) is 0 Å². The number of hydrogen-bond donors (Lipinski definition) is 4. The Morgan fingerprint density at radius 2 is 1.71 bits per heavy atom. The fourth-order valence-corrected chi connectivity index (χ4v) is 1.73. The average Bonchev–Trinajstić information content (AvgIpc) is 2.99. The highest BCUT2D eigenvalue weighted by molar-refractivity contribution is 5.04. The second-order valence-corrected chi connectivity index (χ2v) is 4.30. The van der Waals surface area contributed by atoms with Crippen LogP contribution in [0.5, 0.6) is 0 Å². The first-order chi connectivity index (χ1) is 8.34. The topological polar surface area (TPSA) is 55.6 Å². The largest absolute Gasteiger partial charge is 0.364 e. The summed E-state index contributed by atoms with van der Waals surface area (Å²) in [6, 6.07) is 8.67. The predicted octanol–water partition coefficient (Wildman–Crippen LogP) is 1.61. The van der Waals surface area contributed by atoms with Gasteiger partial charge in [-0.3, -0.25) is 0 Å². The third-order valence-corrected chi connectivity index (χ3v) is 2.73. The molecule has 0 radical (unpaired) electrons. The van der Waals surface area contributed by atoms with Crippen LogP contribution in [0.2, 0.25) is 0 Å². The quantitative estimate of drug-likeness (QED) is 0.586. The van der Waals surface area contributed by atoms with Gasteiger partial charge in [-0.25, -0.2) is 0 Å². The van der Waals surface area contributed by atoms with E-state index in [0.29, 0.717) is 6.04 Å². The van der Waals surface area contributed by atoms with Gasteiger partial charge >= 0.3 is 0 Å². The van der Waals surface area contributed by atoms with Crippen LogP contribution in [0.1, 0.15) is 18.3 Å². The van der Waals surface area contributed by atoms with Crippen molar-refractivity contribution in [1.29, 1.82) is 0 Å². The molecule has 1 atom stereocenters. The van der Waals surface area contributed by atoms with E-state index in [1.165, 1.54) is 11.4 Å². The Balaban J connectivity index is 1.59. The SMILES string of the molecule is CC(CNCc1ccc[nH]1)NCc1ccc[nH]1. The summed E-state index contributed by atoms with van der Waals surface area (Å²) in [7, 11) is 0. The number of H-pyrrole nitrogens is 2. The van der Waals surface area contributed by atoms with E-state index in [1.54, 1.807) is 0 Å². The molecule has 4 N–H and O–H groups in total. The number of hydrogen-bond acceptors (Lipinski definition) is 2. The maximum absolute atomic E-state index is 3.46. The van der Waals surface area contributed by atoms with Crippen molar-refractivity contribution in [1.82, 2.24) is 20.6 Å². The van der Waals surface area contributed by atoms with Crippen molar-refractivity contribution in [2.75, 3.05) is 6.54 Å². The summed E-state index contributed by atoms with van der Waals surface area (Å²) in [5, 5.41) is 6.87. The molecule has 0 saturated heterocycles. The van der Waals surface area contributed by atoms with Crippen molar-refractivity contribution in [2.24, 2.45) is 0 Å². The highest BCUT2D eigenvalue weighted by Crippen LogP contribution is 1.95. The van der Waals surface area contributed by atoms with Gasteiger partial charge in [0.15, 0.2) is 0 Å². The van der Waals surface area contributed by atoms with Crippen LogP contribution in [-0.2, 0) is 13.1 Å². The molecule has 2 rings (SSSR count). The molecule has 0 saturated carbocycles. The fourth-order valence-electron chi connectivity index (χ4n) is 1.73. The van der Waals surface area contributed by atoms with Gasteiger partial charge in [0.25, 0.3) is 0 Å². The van der Waals surface area contributed by atoms with Gasteiger partial charge in [-0.05, 0) is 31.2 Å². The molecule has 2 aromatic rings. The zero-order chi connectivity index (χ0) is 11.9. The maximum atomic E-state index is 3.46. The van der Waals surface area contributed by atoms with Crippen molar-refractivity contribution in [2.45, 2.75) is 26.1 Å². The molecule has 0 amide bonds. The molecule has 17 heavy (non-hydrogen) atoms. The number of nitrogens with one attached hydrogen (secondary N) is 4. The van der Waals surface area contributed by atoms with E-state index < -0.39 is 0 Å². The molecule has 0 aliphatic rings. The fraction of sp³-hybridized carbons (Fsp3) is 0.385. The Morgan fingerprint density at radius 3 is 2.29 bits per heavy atom. The van der Waals surface area contributed by atoms with E-state index in [1.807, 2.05) is 24.5 Å². The average molecular weight is 232 g/mol. The van der Waals surface area contributed by atoms with E-state index in [9.17, 15) is 0 Å². The van der Waals surface area contributed by atoms with Gasteiger partial charge in [0.1, 0.15) is 0 Å². The molecule has 0 aliphatic heterocycles. The Bertz CT molecular complexity index is 391. The minimum absolute atomic E-state index is 0.452. The number of rotatable bonds is 7. The molecule has 0 aliphatic carbocycles. The van der Waals surface area contributed by atoms with Gasteiger partial charge in [-0.2, -0.15) is 0 Å². The van der Waals surface area contributed by atoms with Crippen molar-refractivity contribution in [3.8, 4) is 0 Å². The van der Waals surface area contributed by atoms with Gasteiger partial charge in [-0.15, -0.1) is 0 Å². The molecular weight excluding hydrogens is 212 g/mol. The van der Waals surface area contributed by atoms with E-state index in [0.717, 1.165) is 19.6 Å². The normalized spacial score (nSPS) is 12.8. The molecular formula is C13H20N4. The first kappa shape index (κ1) is 12.0. The first-order valence-electron chi connectivity index (χ1n) is 6.03. The summed E-state index contributed by atoms with van der Waals surface area (Å²) < 4.78 is 0. The van der Waals surface area contributed by atoms with Crippen molar-refractivity contribution < 1.29 is 0 Å². The molecule has 1 unspecified atom stereocenters. The van der Waals surface area contributed by atoms with E-state index in [-0.39, 0.29) is 0 Å². The summed E-state index contributed by atoms with van der Waals surface area (Å²) >= 11 is 0. The summed E-state index contributed by atoms with van der Waals surface area (Å²) in [5.41, 5.74) is 2.45. The van der Waals surface area contributed by atoms with Gasteiger partial charge < -0.3 is 20.6 Å². The van der Waals surface area contributed by atoms with E-state index in [4.69, 9.17) is 0 Å². The molecule has 4 nitrogen and oxygen atoms in total. The van der Waals surface area contributed by atoms with E-state index in [2.05, 4.69) is 39.7 Å². The van der Waals surface area contributed by atoms with Crippen LogP contribution in [0.15, 0.2) is 36.7 Å². The van der Waals surface area contributed by atoms with Crippen LogP contribution in [0.4, 0.5) is 0 Å². The predicted molar refractivity (Wildman–Crippen MR) is 69.6 cm³/mol.